The summed E-state index contributed by atoms with van der Waals surface area (Å²) < 4.78 is 1.95. The molecular formula is C18H25N5O2. The first-order valence-electron chi connectivity index (χ1n) is 8.25. The molecule has 0 saturated carbocycles. The van der Waals surface area contributed by atoms with Crippen molar-refractivity contribution < 1.29 is 9.59 Å². The highest BCUT2D eigenvalue weighted by Crippen LogP contribution is 2.08. The number of imidazole rings is 1. The lowest BCUT2D eigenvalue weighted by Crippen LogP contribution is -2.50. The summed E-state index contributed by atoms with van der Waals surface area (Å²) in [5.41, 5.74) is 13.1. The molecule has 0 fully saturated rings. The van der Waals surface area contributed by atoms with Crippen molar-refractivity contribution in [2.75, 3.05) is 6.54 Å². The fraction of sp³-hybridized carbons (Fsp3) is 0.389. The number of carbonyl (C=O) groups excluding carboxylic acids is 2. The quantitative estimate of drug-likeness (QED) is 0.728. The average molecular weight is 343 g/mol. The molecule has 0 aliphatic carbocycles. The van der Waals surface area contributed by atoms with Crippen LogP contribution in [0.25, 0.3) is 0 Å². The molecule has 1 atom stereocenters. The highest BCUT2D eigenvalue weighted by molar-refractivity contribution is 5.87. The Labute approximate surface area is 147 Å². The van der Waals surface area contributed by atoms with Crippen LogP contribution in [0.4, 0.5) is 0 Å². The first-order valence-corrected chi connectivity index (χ1v) is 8.25. The molecule has 0 spiro atoms. The zero-order valence-corrected chi connectivity index (χ0v) is 14.6. The van der Waals surface area contributed by atoms with Crippen LogP contribution in [0.1, 0.15) is 25.1 Å². The van der Waals surface area contributed by atoms with E-state index in [1.807, 2.05) is 54.9 Å². The van der Waals surface area contributed by atoms with E-state index in [9.17, 15) is 9.59 Å². The Morgan fingerprint density at radius 3 is 2.52 bits per heavy atom. The van der Waals surface area contributed by atoms with Crippen molar-refractivity contribution in [1.29, 1.82) is 0 Å². The Morgan fingerprint density at radius 2 is 1.92 bits per heavy atom. The van der Waals surface area contributed by atoms with Crippen LogP contribution in [0.2, 0.25) is 0 Å². The number of aromatic nitrogens is 2. The summed E-state index contributed by atoms with van der Waals surface area (Å²) in [6.07, 6.45) is 3.92. The zero-order valence-electron chi connectivity index (χ0n) is 14.6. The van der Waals surface area contributed by atoms with E-state index in [0.29, 0.717) is 13.0 Å². The number of nitrogens with two attached hydrogens (primary N) is 2. The minimum Gasteiger partial charge on any atom is -0.368 e. The molecular weight excluding hydrogens is 318 g/mol. The van der Waals surface area contributed by atoms with Crippen molar-refractivity contribution in [2.24, 2.45) is 11.5 Å². The van der Waals surface area contributed by atoms with Gasteiger partial charge in [-0.05, 0) is 19.4 Å². The number of carbonyl (C=O) groups is 2. The van der Waals surface area contributed by atoms with Gasteiger partial charge in [-0.2, -0.15) is 0 Å². The van der Waals surface area contributed by atoms with Gasteiger partial charge in [0.2, 0.25) is 11.8 Å². The summed E-state index contributed by atoms with van der Waals surface area (Å²) in [5.74, 6) is -0.854. The fourth-order valence-electron chi connectivity index (χ4n) is 2.60. The van der Waals surface area contributed by atoms with Gasteiger partial charge in [0.1, 0.15) is 0 Å². The van der Waals surface area contributed by atoms with Crippen molar-refractivity contribution in [3.05, 3.63) is 54.1 Å². The molecule has 2 amide bonds. The molecule has 7 heteroatoms. The lowest BCUT2D eigenvalue weighted by molar-refractivity contribution is -0.138. The number of hydrogen-bond acceptors (Lipinski definition) is 4. The number of rotatable bonds is 8. The standard InChI is InChI=1S/C18H25N5O2/c1-13(2)23(11-17(20)24)18(25)16(19)8-15-10-22(12-21-15)9-14-6-4-3-5-7-14/h3-7,10,12-13,16H,8-9,11,19H2,1-2H3,(H2,20,24)/t16-/m0/s1. The van der Waals surface area contributed by atoms with E-state index >= 15 is 0 Å². The second-order valence-electron chi connectivity index (χ2n) is 6.36. The highest BCUT2D eigenvalue weighted by atomic mass is 16.2. The molecule has 4 N–H and O–H groups in total. The van der Waals surface area contributed by atoms with E-state index in [2.05, 4.69) is 4.98 Å². The van der Waals surface area contributed by atoms with Gasteiger partial charge in [-0.15, -0.1) is 0 Å². The van der Waals surface area contributed by atoms with Gasteiger partial charge in [-0.3, -0.25) is 9.59 Å². The number of benzene rings is 1. The van der Waals surface area contributed by atoms with E-state index in [-0.39, 0.29) is 18.5 Å². The molecule has 2 aromatic rings. The number of primary amides is 1. The Hall–Kier alpha value is -2.67. The molecule has 0 aliphatic heterocycles. The van der Waals surface area contributed by atoms with Gasteiger partial charge in [-0.25, -0.2) is 4.98 Å². The van der Waals surface area contributed by atoms with Crippen molar-refractivity contribution in [1.82, 2.24) is 14.5 Å². The maximum absolute atomic E-state index is 12.5. The molecule has 0 aliphatic rings. The van der Waals surface area contributed by atoms with Gasteiger partial charge in [-0.1, -0.05) is 30.3 Å². The van der Waals surface area contributed by atoms with Gasteiger partial charge < -0.3 is 20.9 Å². The van der Waals surface area contributed by atoms with E-state index in [1.165, 1.54) is 10.5 Å². The molecule has 2 rings (SSSR count). The Balaban J connectivity index is 1.99. The molecule has 0 bridgehead atoms. The van der Waals surface area contributed by atoms with Crippen LogP contribution in [0, 0.1) is 0 Å². The van der Waals surface area contributed by atoms with Crippen LogP contribution >= 0.6 is 0 Å². The van der Waals surface area contributed by atoms with Crippen LogP contribution in [-0.2, 0) is 22.6 Å². The van der Waals surface area contributed by atoms with Crippen molar-refractivity contribution in [2.45, 2.75) is 38.9 Å². The molecule has 0 radical (unpaired) electrons. The minimum atomic E-state index is -0.762. The van der Waals surface area contributed by atoms with Crippen molar-refractivity contribution in [3.63, 3.8) is 0 Å². The number of amides is 2. The predicted molar refractivity (Wildman–Crippen MR) is 95.5 cm³/mol. The maximum Gasteiger partial charge on any atom is 0.240 e. The second kappa shape index (κ2) is 8.43. The first kappa shape index (κ1) is 18.7. The van der Waals surface area contributed by atoms with Crippen LogP contribution in [0.5, 0.6) is 0 Å². The van der Waals surface area contributed by atoms with E-state index < -0.39 is 11.9 Å². The summed E-state index contributed by atoms with van der Waals surface area (Å²) in [7, 11) is 0. The van der Waals surface area contributed by atoms with E-state index in [4.69, 9.17) is 11.5 Å². The van der Waals surface area contributed by atoms with Crippen LogP contribution in [0.15, 0.2) is 42.9 Å². The number of hydrogen-bond donors (Lipinski definition) is 2. The Bertz CT molecular complexity index is 711. The monoisotopic (exact) mass is 343 g/mol. The molecule has 1 heterocycles. The van der Waals surface area contributed by atoms with Gasteiger partial charge in [0.15, 0.2) is 0 Å². The van der Waals surface area contributed by atoms with Gasteiger partial charge >= 0.3 is 0 Å². The smallest absolute Gasteiger partial charge is 0.240 e. The molecule has 0 unspecified atom stereocenters. The van der Waals surface area contributed by atoms with Gasteiger partial charge in [0.25, 0.3) is 0 Å². The minimum absolute atomic E-state index is 0.132. The summed E-state index contributed by atoms with van der Waals surface area (Å²) in [6, 6.07) is 9.11. The molecule has 0 saturated heterocycles. The Kier molecular flexibility index (Phi) is 6.30. The molecule has 7 nitrogen and oxygen atoms in total. The summed E-state index contributed by atoms with van der Waals surface area (Å²) in [5, 5.41) is 0. The normalized spacial score (nSPS) is 12.2. The topological polar surface area (TPSA) is 107 Å². The van der Waals surface area contributed by atoms with Gasteiger partial charge in [0, 0.05) is 25.2 Å². The lowest BCUT2D eigenvalue weighted by Gasteiger charge is -2.27. The zero-order chi connectivity index (χ0) is 18.4. The highest BCUT2D eigenvalue weighted by Gasteiger charge is 2.25. The largest absolute Gasteiger partial charge is 0.368 e. The van der Waals surface area contributed by atoms with E-state index in [0.717, 1.165) is 5.69 Å². The summed E-state index contributed by atoms with van der Waals surface area (Å²) in [6.45, 7) is 4.22. The fourth-order valence-corrected chi connectivity index (χ4v) is 2.60. The van der Waals surface area contributed by atoms with Crippen LogP contribution < -0.4 is 11.5 Å². The lowest BCUT2D eigenvalue weighted by atomic mass is 10.1. The van der Waals surface area contributed by atoms with Crippen molar-refractivity contribution >= 4 is 11.8 Å². The van der Waals surface area contributed by atoms with Crippen molar-refractivity contribution in [3.8, 4) is 0 Å². The summed E-state index contributed by atoms with van der Waals surface area (Å²) >= 11 is 0. The van der Waals surface area contributed by atoms with E-state index in [1.54, 1.807) is 6.33 Å². The average Bonchev–Trinajstić information content (AvgIpc) is 2.99. The third kappa shape index (κ3) is 5.42. The van der Waals surface area contributed by atoms with Crippen LogP contribution in [0.3, 0.4) is 0 Å². The Morgan fingerprint density at radius 1 is 1.24 bits per heavy atom. The maximum atomic E-state index is 12.5. The van der Waals surface area contributed by atoms with Gasteiger partial charge in [0.05, 0.1) is 24.6 Å². The third-order valence-electron chi connectivity index (χ3n) is 3.87. The second-order valence-corrected chi connectivity index (χ2v) is 6.36. The SMILES string of the molecule is CC(C)N(CC(N)=O)C(=O)[C@@H](N)Cc1cn(Cc2ccccc2)cn1. The first-order chi connectivity index (χ1) is 11.9. The third-order valence-corrected chi connectivity index (χ3v) is 3.87. The molecule has 1 aromatic heterocycles. The summed E-state index contributed by atoms with van der Waals surface area (Å²) in [4.78, 5) is 29.3. The molecule has 1 aromatic carbocycles. The predicted octanol–water partition coefficient (Wildman–Crippen LogP) is 0.524. The number of nitrogens with zero attached hydrogens (tertiary/aromatic N) is 3. The van der Waals surface area contributed by atoms with Crippen LogP contribution in [-0.4, -0.2) is 44.9 Å². The molecule has 134 valence electrons. The molecule has 25 heavy (non-hydrogen) atoms.